The monoisotopic (exact) mass is 396 g/mol. The van der Waals surface area contributed by atoms with Crippen LogP contribution in [0.5, 0.6) is 0 Å². The van der Waals surface area contributed by atoms with Crippen molar-refractivity contribution < 1.29 is 22.4 Å². The molecule has 0 aliphatic heterocycles. The molecule has 1 fully saturated rings. The fraction of sp³-hybridized carbons (Fsp3) is 0.368. The number of nitrogens with one attached hydrogen (secondary N) is 2. The molecular formula is C19H20F4N4O. The van der Waals surface area contributed by atoms with E-state index in [0.29, 0.717) is 18.5 Å². The van der Waals surface area contributed by atoms with E-state index in [1.807, 2.05) is 0 Å². The van der Waals surface area contributed by atoms with Gasteiger partial charge in [0.25, 0.3) is 0 Å². The molecule has 0 saturated heterocycles. The van der Waals surface area contributed by atoms with Crippen molar-refractivity contribution in [3.63, 3.8) is 0 Å². The highest BCUT2D eigenvalue weighted by Crippen LogP contribution is 2.37. The van der Waals surface area contributed by atoms with Gasteiger partial charge in [-0.25, -0.2) is 4.39 Å². The summed E-state index contributed by atoms with van der Waals surface area (Å²) < 4.78 is 53.2. The zero-order valence-corrected chi connectivity index (χ0v) is 15.1. The van der Waals surface area contributed by atoms with Crippen molar-refractivity contribution in [3.8, 4) is 0 Å². The molecule has 1 aliphatic carbocycles. The molecule has 1 aromatic heterocycles. The fourth-order valence-corrected chi connectivity index (χ4v) is 2.97. The second-order valence-electron chi connectivity index (χ2n) is 6.96. The lowest BCUT2D eigenvalue weighted by Crippen LogP contribution is -2.58. The third-order valence-electron chi connectivity index (χ3n) is 4.86. The number of rotatable bonds is 5. The number of anilines is 2. The first-order valence-electron chi connectivity index (χ1n) is 8.79. The van der Waals surface area contributed by atoms with Gasteiger partial charge in [-0.05, 0) is 50.5 Å². The van der Waals surface area contributed by atoms with Gasteiger partial charge in [0.2, 0.25) is 5.91 Å². The van der Waals surface area contributed by atoms with Gasteiger partial charge >= 0.3 is 6.18 Å². The Kier molecular flexibility index (Phi) is 5.29. The minimum Gasteiger partial charge on any atom is -0.351 e. The number of carbonyl (C=O) groups is 1. The van der Waals surface area contributed by atoms with Gasteiger partial charge < -0.3 is 16.4 Å². The van der Waals surface area contributed by atoms with Crippen LogP contribution in [-0.2, 0) is 11.0 Å². The number of para-hydroxylation sites is 1. The number of nitrogens with two attached hydrogens (primary N) is 1. The predicted molar refractivity (Wildman–Crippen MR) is 96.2 cm³/mol. The normalized spacial score (nSPS) is 16.8. The highest BCUT2D eigenvalue weighted by atomic mass is 19.4. The summed E-state index contributed by atoms with van der Waals surface area (Å²) in [5, 5.41) is 5.22. The van der Waals surface area contributed by atoms with Crippen LogP contribution in [0.4, 0.5) is 28.9 Å². The van der Waals surface area contributed by atoms with Gasteiger partial charge in [-0.15, -0.1) is 0 Å². The number of hydrogen-bond donors (Lipinski definition) is 3. The van der Waals surface area contributed by atoms with Gasteiger partial charge in [0.1, 0.15) is 5.82 Å². The molecule has 9 heteroatoms. The first-order valence-corrected chi connectivity index (χ1v) is 8.79. The van der Waals surface area contributed by atoms with E-state index in [1.165, 1.54) is 12.3 Å². The molecule has 1 aliphatic rings. The van der Waals surface area contributed by atoms with Crippen molar-refractivity contribution >= 4 is 17.3 Å². The summed E-state index contributed by atoms with van der Waals surface area (Å²) in [5.74, 6) is -1.27. The third kappa shape index (κ3) is 4.09. The summed E-state index contributed by atoms with van der Waals surface area (Å²) in [6.07, 6.45) is -1.24. The highest BCUT2D eigenvalue weighted by Gasteiger charge is 2.40. The maximum Gasteiger partial charge on any atom is 0.418 e. The van der Waals surface area contributed by atoms with E-state index < -0.39 is 34.8 Å². The summed E-state index contributed by atoms with van der Waals surface area (Å²) in [5.41, 5.74) is 4.06. The van der Waals surface area contributed by atoms with E-state index >= 15 is 0 Å². The van der Waals surface area contributed by atoms with E-state index in [4.69, 9.17) is 5.73 Å². The summed E-state index contributed by atoms with van der Waals surface area (Å²) in [7, 11) is 0. The Morgan fingerprint density at radius 2 is 1.96 bits per heavy atom. The van der Waals surface area contributed by atoms with Gasteiger partial charge in [0.05, 0.1) is 40.4 Å². The average Bonchev–Trinajstić information content (AvgIpc) is 2.60. The van der Waals surface area contributed by atoms with Crippen molar-refractivity contribution in [1.29, 1.82) is 0 Å². The summed E-state index contributed by atoms with van der Waals surface area (Å²) in [6.45, 7) is 1.73. The van der Waals surface area contributed by atoms with E-state index in [2.05, 4.69) is 15.6 Å². The Hall–Kier alpha value is -2.68. The van der Waals surface area contributed by atoms with Gasteiger partial charge in [-0.2, -0.15) is 13.2 Å². The van der Waals surface area contributed by atoms with Gasteiger partial charge in [-0.3, -0.25) is 9.78 Å². The number of halogens is 4. The van der Waals surface area contributed by atoms with Crippen molar-refractivity contribution in [2.24, 2.45) is 5.73 Å². The average molecular weight is 396 g/mol. The smallest absolute Gasteiger partial charge is 0.351 e. The SMILES string of the molecule is CC(NC(=O)C1(N)CCC1)c1ccc(Nc2c(F)cccc2C(F)(F)F)cn1. The van der Waals surface area contributed by atoms with E-state index in [1.54, 1.807) is 13.0 Å². The Morgan fingerprint density at radius 3 is 2.50 bits per heavy atom. The molecule has 1 heterocycles. The number of aromatic nitrogens is 1. The first kappa shape index (κ1) is 20.1. The Labute approximate surface area is 159 Å². The molecule has 150 valence electrons. The van der Waals surface area contributed by atoms with Crippen LogP contribution >= 0.6 is 0 Å². The van der Waals surface area contributed by atoms with E-state index in [-0.39, 0.29) is 11.6 Å². The molecule has 28 heavy (non-hydrogen) atoms. The number of hydrogen-bond acceptors (Lipinski definition) is 4. The third-order valence-corrected chi connectivity index (χ3v) is 4.86. The number of carbonyl (C=O) groups excluding carboxylic acids is 1. The van der Waals surface area contributed by atoms with Crippen molar-refractivity contribution in [2.75, 3.05) is 5.32 Å². The number of alkyl halides is 3. The second-order valence-corrected chi connectivity index (χ2v) is 6.96. The number of pyridine rings is 1. The van der Waals surface area contributed by atoms with Crippen LogP contribution in [0.1, 0.15) is 43.5 Å². The number of benzene rings is 1. The summed E-state index contributed by atoms with van der Waals surface area (Å²) in [4.78, 5) is 16.3. The number of nitrogens with zero attached hydrogens (tertiary/aromatic N) is 1. The topological polar surface area (TPSA) is 80.0 Å². The molecule has 0 spiro atoms. The van der Waals surface area contributed by atoms with Gasteiger partial charge in [0.15, 0.2) is 0 Å². The lowest BCUT2D eigenvalue weighted by molar-refractivity contribution is -0.137. The molecule has 4 N–H and O–H groups in total. The van der Waals surface area contributed by atoms with Crippen LogP contribution in [0.2, 0.25) is 0 Å². The second kappa shape index (κ2) is 7.38. The van der Waals surface area contributed by atoms with Crippen LogP contribution in [0, 0.1) is 5.82 Å². The predicted octanol–water partition coefficient (Wildman–Crippen LogP) is 4.04. The summed E-state index contributed by atoms with van der Waals surface area (Å²) in [6, 6.07) is 5.33. The van der Waals surface area contributed by atoms with Crippen LogP contribution in [0.25, 0.3) is 0 Å². The quantitative estimate of drug-likeness (QED) is 0.667. The molecule has 3 rings (SSSR count). The minimum atomic E-state index is -4.70. The summed E-state index contributed by atoms with van der Waals surface area (Å²) >= 11 is 0. The number of amides is 1. The molecule has 2 aromatic rings. The van der Waals surface area contributed by atoms with Gasteiger partial charge in [-0.1, -0.05) is 6.07 Å². The van der Waals surface area contributed by atoms with Gasteiger partial charge in [0, 0.05) is 0 Å². The molecular weight excluding hydrogens is 376 g/mol. The van der Waals surface area contributed by atoms with Crippen molar-refractivity contribution in [1.82, 2.24) is 10.3 Å². The van der Waals surface area contributed by atoms with E-state index in [9.17, 15) is 22.4 Å². The van der Waals surface area contributed by atoms with E-state index in [0.717, 1.165) is 24.6 Å². The lowest BCUT2D eigenvalue weighted by atomic mass is 9.77. The first-order chi connectivity index (χ1) is 13.1. The Morgan fingerprint density at radius 1 is 1.25 bits per heavy atom. The molecule has 1 atom stereocenters. The van der Waals surface area contributed by atoms with Crippen molar-refractivity contribution in [2.45, 2.75) is 43.9 Å². The lowest BCUT2D eigenvalue weighted by Gasteiger charge is -2.37. The minimum absolute atomic E-state index is 0.187. The highest BCUT2D eigenvalue weighted by molar-refractivity contribution is 5.87. The molecule has 1 saturated carbocycles. The maximum atomic E-state index is 13.9. The van der Waals surface area contributed by atoms with Crippen LogP contribution in [0.3, 0.4) is 0 Å². The van der Waals surface area contributed by atoms with Crippen LogP contribution in [0.15, 0.2) is 36.5 Å². The molecule has 1 amide bonds. The largest absolute Gasteiger partial charge is 0.418 e. The molecule has 1 unspecified atom stereocenters. The van der Waals surface area contributed by atoms with Crippen molar-refractivity contribution in [3.05, 3.63) is 53.6 Å². The van der Waals surface area contributed by atoms with Crippen LogP contribution in [-0.4, -0.2) is 16.4 Å². The molecule has 0 radical (unpaired) electrons. The maximum absolute atomic E-state index is 13.9. The Bertz CT molecular complexity index is 863. The Balaban J connectivity index is 1.73. The molecule has 5 nitrogen and oxygen atoms in total. The van der Waals surface area contributed by atoms with Crippen LogP contribution < -0.4 is 16.4 Å². The zero-order valence-electron chi connectivity index (χ0n) is 15.1. The fourth-order valence-electron chi connectivity index (χ4n) is 2.97. The standard InChI is InChI=1S/C19H20F4N4O/c1-11(26-17(28)18(24)8-3-9-18)15-7-6-12(10-25-15)27-16-13(19(21,22)23)4-2-5-14(16)20/h2,4-7,10-11,27H,3,8-9,24H2,1H3,(H,26,28). The zero-order chi connectivity index (χ0) is 20.5. The molecule has 0 bridgehead atoms. The molecule has 1 aromatic carbocycles.